The number of carbonyl (C=O) groups excluding carboxylic acids is 1. The van der Waals surface area contributed by atoms with Crippen LogP contribution in [0, 0.1) is 0 Å². The zero-order valence-electron chi connectivity index (χ0n) is 20.7. The Labute approximate surface area is 203 Å². The monoisotopic (exact) mass is 473 g/mol. The molecule has 2 aromatic carbocycles. The predicted octanol–water partition coefficient (Wildman–Crippen LogP) is 4.57. The largest absolute Gasteiger partial charge is 0.478 e. The summed E-state index contributed by atoms with van der Waals surface area (Å²) in [6, 6.07) is 16.2. The van der Waals surface area contributed by atoms with Crippen LogP contribution in [-0.2, 0) is 4.74 Å². The van der Waals surface area contributed by atoms with Crippen LogP contribution >= 0.6 is 0 Å². The number of hydrogen-bond acceptors (Lipinski definition) is 5. The number of rotatable bonds is 5. The molecule has 180 valence electrons. The molecule has 0 spiro atoms. The lowest BCUT2D eigenvalue weighted by Crippen LogP contribution is -2.21. The number of nitrogens with zero attached hydrogens (tertiary/aromatic N) is 2. The zero-order chi connectivity index (χ0) is 25.4. The van der Waals surface area contributed by atoms with Crippen LogP contribution in [0.2, 0.25) is 0 Å². The molecule has 2 aliphatic rings. The number of carboxylic acid groups (broad SMARTS) is 1. The zero-order valence-corrected chi connectivity index (χ0v) is 20.7. The van der Waals surface area contributed by atoms with Crippen LogP contribution in [0.5, 0.6) is 0 Å². The van der Waals surface area contributed by atoms with E-state index in [0.717, 1.165) is 22.0 Å². The molecule has 0 saturated heterocycles. The Balaban J connectivity index is 2.13. The normalized spacial score (nSPS) is 11.2. The topological polar surface area (TPSA) is 83.0 Å². The molecule has 1 N–H and O–H groups in total. The van der Waals surface area contributed by atoms with Crippen molar-refractivity contribution in [3.05, 3.63) is 71.1 Å². The maximum absolute atomic E-state index is 12.7. The van der Waals surface area contributed by atoms with Gasteiger partial charge in [-0.2, -0.15) is 0 Å². The molecular weight excluding hydrogens is 444 g/mol. The number of esters is 1. The average Bonchev–Trinajstić information content (AvgIpc) is 2.80. The molecular formula is C28H29N2O5+. The van der Waals surface area contributed by atoms with E-state index in [4.69, 9.17) is 9.15 Å². The van der Waals surface area contributed by atoms with Crippen molar-refractivity contribution >= 4 is 28.6 Å². The number of hydrogen-bond donors (Lipinski definition) is 1. The maximum atomic E-state index is 12.7. The van der Waals surface area contributed by atoms with Crippen molar-refractivity contribution < 1.29 is 23.8 Å². The SMILES string of the molecule is CC(C)OC(=O)c1ccc(C(=O)O)c(-c2c3ccc(=[N+](C)C)cc-3oc3cc(N(C)C)ccc23)c1. The van der Waals surface area contributed by atoms with Crippen molar-refractivity contribution in [1.82, 2.24) is 4.58 Å². The van der Waals surface area contributed by atoms with E-state index in [1.165, 1.54) is 12.1 Å². The van der Waals surface area contributed by atoms with Gasteiger partial charge in [0.25, 0.3) is 0 Å². The van der Waals surface area contributed by atoms with Gasteiger partial charge in [0.1, 0.15) is 25.4 Å². The van der Waals surface area contributed by atoms with Gasteiger partial charge in [-0.3, -0.25) is 0 Å². The second-order valence-electron chi connectivity index (χ2n) is 9.15. The van der Waals surface area contributed by atoms with Crippen molar-refractivity contribution in [3.8, 4) is 22.5 Å². The molecule has 0 amide bonds. The summed E-state index contributed by atoms with van der Waals surface area (Å²) in [5, 5.41) is 11.7. The fraction of sp³-hybridized carbons (Fsp3) is 0.250. The Morgan fingerprint density at radius 1 is 0.971 bits per heavy atom. The summed E-state index contributed by atoms with van der Waals surface area (Å²) in [6.45, 7) is 3.55. The molecule has 0 radical (unpaired) electrons. The van der Waals surface area contributed by atoms with Gasteiger partial charge in [0.15, 0.2) is 0 Å². The summed E-state index contributed by atoms with van der Waals surface area (Å²) in [5.74, 6) is -0.973. The fourth-order valence-electron chi connectivity index (χ4n) is 4.06. The molecule has 1 aliphatic heterocycles. The minimum absolute atomic E-state index is 0.0910. The summed E-state index contributed by atoms with van der Waals surface area (Å²) in [4.78, 5) is 26.9. The van der Waals surface area contributed by atoms with E-state index in [1.54, 1.807) is 19.9 Å². The van der Waals surface area contributed by atoms with Crippen LogP contribution in [0.3, 0.4) is 0 Å². The average molecular weight is 474 g/mol. The second kappa shape index (κ2) is 9.25. The highest BCUT2D eigenvalue weighted by Crippen LogP contribution is 2.42. The summed E-state index contributed by atoms with van der Waals surface area (Å²) in [5.41, 5.74) is 3.80. The minimum Gasteiger partial charge on any atom is -0.478 e. The van der Waals surface area contributed by atoms with Gasteiger partial charge in [-0.15, -0.1) is 0 Å². The highest BCUT2D eigenvalue weighted by atomic mass is 16.5. The number of carboxylic acids is 1. The Hall–Kier alpha value is -4.13. The van der Waals surface area contributed by atoms with E-state index in [0.29, 0.717) is 22.5 Å². The maximum Gasteiger partial charge on any atom is 0.338 e. The molecule has 7 nitrogen and oxygen atoms in total. The van der Waals surface area contributed by atoms with E-state index >= 15 is 0 Å². The first-order valence-corrected chi connectivity index (χ1v) is 11.3. The molecule has 0 bridgehead atoms. The Morgan fingerprint density at radius 3 is 2.34 bits per heavy atom. The molecule has 0 unspecified atom stereocenters. The van der Waals surface area contributed by atoms with Crippen molar-refractivity contribution in [1.29, 1.82) is 0 Å². The fourth-order valence-corrected chi connectivity index (χ4v) is 4.06. The first-order chi connectivity index (χ1) is 16.6. The third-order valence-electron chi connectivity index (χ3n) is 5.82. The number of fused-ring (bicyclic) bond motifs is 2. The molecule has 0 saturated carbocycles. The lowest BCUT2D eigenvalue weighted by molar-refractivity contribution is 0.0377. The first kappa shape index (κ1) is 24.0. The van der Waals surface area contributed by atoms with Gasteiger partial charge in [0, 0.05) is 48.4 Å². The molecule has 0 fully saturated rings. The van der Waals surface area contributed by atoms with Crippen LogP contribution in [0.4, 0.5) is 5.69 Å². The third-order valence-corrected chi connectivity index (χ3v) is 5.82. The summed E-state index contributed by atoms with van der Waals surface area (Å²) in [6.07, 6.45) is -0.295. The van der Waals surface area contributed by atoms with Gasteiger partial charge >= 0.3 is 11.9 Å². The second-order valence-corrected chi connectivity index (χ2v) is 9.15. The Morgan fingerprint density at radius 2 is 1.71 bits per heavy atom. The van der Waals surface area contributed by atoms with Crippen LogP contribution in [-0.4, -0.2) is 51.3 Å². The number of carbonyl (C=O) groups is 2. The van der Waals surface area contributed by atoms with Gasteiger partial charge in [-0.05, 0) is 55.8 Å². The molecule has 0 aromatic heterocycles. The first-order valence-electron chi connectivity index (χ1n) is 11.3. The van der Waals surface area contributed by atoms with Crippen molar-refractivity contribution in [3.63, 3.8) is 0 Å². The quantitative estimate of drug-likeness (QED) is 0.260. The van der Waals surface area contributed by atoms with E-state index in [-0.39, 0.29) is 17.2 Å². The number of aromatic carboxylic acids is 1. The smallest absolute Gasteiger partial charge is 0.338 e. The molecule has 1 aliphatic carbocycles. The van der Waals surface area contributed by atoms with Gasteiger partial charge in [-0.25, -0.2) is 14.2 Å². The Bertz CT molecular complexity index is 1490. The van der Waals surface area contributed by atoms with Crippen molar-refractivity contribution in [2.24, 2.45) is 0 Å². The summed E-state index contributed by atoms with van der Waals surface area (Å²) in [7, 11) is 7.78. The lowest BCUT2D eigenvalue weighted by Gasteiger charge is -2.19. The molecule has 7 heteroatoms. The van der Waals surface area contributed by atoms with E-state index < -0.39 is 11.9 Å². The third kappa shape index (κ3) is 4.62. The highest BCUT2D eigenvalue weighted by Gasteiger charge is 2.24. The number of ether oxygens (including phenoxy) is 1. The van der Waals surface area contributed by atoms with Crippen LogP contribution < -0.4 is 14.8 Å². The lowest BCUT2D eigenvalue weighted by atomic mass is 9.89. The van der Waals surface area contributed by atoms with Crippen LogP contribution in [0.15, 0.2) is 59.0 Å². The molecule has 0 atom stereocenters. The van der Waals surface area contributed by atoms with Crippen LogP contribution in [0.1, 0.15) is 34.6 Å². The standard InChI is InChI=1S/C28H28N2O5/c1-16(2)34-28(33)17-7-10-20(27(31)32)23(13-17)26-21-11-8-18(29(3)4)14-24(21)35-25-15-19(30(5)6)9-12-22(25)26/h7-16H,1-6H3/p+1. The van der Waals surface area contributed by atoms with Gasteiger partial charge < -0.3 is 19.2 Å². The van der Waals surface area contributed by atoms with Crippen molar-refractivity contribution in [2.75, 3.05) is 33.1 Å². The van der Waals surface area contributed by atoms with E-state index in [9.17, 15) is 14.7 Å². The van der Waals surface area contributed by atoms with E-state index in [1.807, 2.05) is 74.1 Å². The molecule has 1 heterocycles. The van der Waals surface area contributed by atoms with Gasteiger partial charge in [0.2, 0.25) is 5.36 Å². The number of anilines is 1. The van der Waals surface area contributed by atoms with Crippen molar-refractivity contribution in [2.45, 2.75) is 20.0 Å². The number of benzene rings is 3. The molecule has 4 rings (SSSR count). The highest BCUT2D eigenvalue weighted by molar-refractivity contribution is 6.09. The van der Waals surface area contributed by atoms with Gasteiger partial charge in [0.05, 0.1) is 23.3 Å². The predicted molar refractivity (Wildman–Crippen MR) is 137 cm³/mol. The summed E-state index contributed by atoms with van der Waals surface area (Å²) >= 11 is 0. The van der Waals surface area contributed by atoms with E-state index in [2.05, 4.69) is 0 Å². The minimum atomic E-state index is -1.08. The van der Waals surface area contributed by atoms with Gasteiger partial charge in [-0.1, -0.05) is 0 Å². The Kier molecular flexibility index (Phi) is 6.35. The molecule has 35 heavy (non-hydrogen) atoms. The molecule has 2 aromatic rings. The van der Waals surface area contributed by atoms with Crippen LogP contribution in [0.25, 0.3) is 33.4 Å². The summed E-state index contributed by atoms with van der Waals surface area (Å²) < 4.78 is 13.7.